The summed E-state index contributed by atoms with van der Waals surface area (Å²) in [4.78, 5) is 14.8. The fourth-order valence-electron chi connectivity index (χ4n) is 3.47. The molecule has 0 spiro atoms. The molecular weight excluding hydrogens is 393 g/mol. The van der Waals surface area contributed by atoms with Gasteiger partial charge in [0.2, 0.25) is 0 Å². The highest BCUT2D eigenvalue weighted by atomic mass is 19.4. The Morgan fingerprint density at radius 1 is 1.13 bits per heavy atom. The maximum atomic E-state index is 13.3. The number of halogens is 3. The van der Waals surface area contributed by atoms with Crippen LogP contribution in [0.15, 0.2) is 42.9 Å². The van der Waals surface area contributed by atoms with Crippen molar-refractivity contribution in [2.24, 2.45) is 0 Å². The summed E-state index contributed by atoms with van der Waals surface area (Å²) >= 11 is 0. The Morgan fingerprint density at radius 2 is 1.97 bits per heavy atom. The van der Waals surface area contributed by atoms with Crippen LogP contribution in [0.4, 0.5) is 30.5 Å². The molecule has 0 bridgehead atoms. The Bertz CT molecular complexity index is 1140. The number of hydrogen-bond acceptors (Lipinski definition) is 6. The fraction of sp³-hybridized carbons (Fsp3) is 0.238. The predicted octanol–water partition coefficient (Wildman–Crippen LogP) is 4.38. The van der Waals surface area contributed by atoms with Gasteiger partial charge in [0.1, 0.15) is 18.0 Å². The van der Waals surface area contributed by atoms with E-state index in [0.29, 0.717) is 36.8 Å². The van der Waals surface area contributed by atoms with Gasteiger partial charge in [-0.3, -0.25) is 0 Å². The Balaban J connectivity index is 1.61. The van der Waals surface area contributed by atoms with E-state index in [1.165, 1.54) is 18.5 Å². The molecule has 0 fully saturated rings. The van der Waals surface area contributed by atoms with Gasteiger partial charge < -0.3 is 10.2 Å². The highest BCUT2D eigenvalue weighted by Gasteiger charge is 2.34. The topological polar surface area (TPSA) is 77.7 Å². The van der Waals surface area contributed by atoms with E-state index in [1.54, 1.807) is 12.3 Å². The van der Waals surface area contributed by atoms with Crippen molar-refractivity contribution in [3.8, 4) is 6.07 Å². The third-order valence-corrected chi connectivity index (χ3v) is 4.96. The summed E-state index contributed by atoms with van der Waals surface area (Å²) in [6.07, 6.45) is -0.892. The van der Waals surface area contributed by atoms with E-state index in [0.717, 1.165) is 22.9 Å². The molecule has 0 saturated carbocycles. The van der Waals surface area contributed by atoms with Crippen LogP contribution in [-0.2, 0) is 19.1 Å². The first kappa shape index (κ1) is 19.6. The molecule has 1 aliphatic rings. The molecule has 0 unspecified atom stereocenters. The second kappa shape index (κ2) is 7.63. The van der Waals surface area contributed by atoms with Crippen molar-refractivity contribution in [3.05, 3.63) is 70.8 Å². The summed E-state index contributed by atoms with van der Waals surface area (Å²) in [5.41, 5.74) is 1.81. The number of hydrogen-bond donors (Lipinski definition) is 1. The molecular formula is C21H17F3N6. The summed E-state index contributed by atoms with van der Waals surface area (Å²) in [5.74, 6) is 1.31. The first-order valence-corrected chi connectivity index (χ1v) is 9.24. The second-order valence-electron chi connectivity index (χ2n) is 7.00. The molecule has 0 radical (unpaired) electrons. The van der Waals surface area contributed by atoms with Crippen LogP contribution in [0.25, 0.3) is 0 Å². The summed E-state index contributed by atoms with van der Waals surface area (Å²) in [6, 6.07) is 9.18. The Morgan fingerprint density at radius 3 is 2.70 bits per heavy atom. The molecule has 1 aliphatic heterocycles. The fourth-order valence-corrected chi connectivity index (χ4v) is 3.47. The zero-order valence-corrected chi connectivity index (χ0v) is 16.0. The van der Waals surface area contributed by atoms with Crippen molar-refractivity contribution >= 4 is 17.3 Å². The van der Waals surface area contributed by atoms with Crippen LogP contribution in [0.3, 0.4) is 0 Å². The zero-order valence-electron chi connectivity index (χ0n) is 16.0. The largest absolute Gasteiger partial charge is 0.417 e. The summed E-state index contributed by atoms with van der Waals surface area (Å²) < 4.78 is 39.9. The van der Waals surface area contributed by atoms with Crippen molar-refractivity contribution in [1.29, 1.82) is 5.26 Å². The average molecular weight is 410 g/mol. The number of benzene rings is 1. The molecule has 0 aliphatic carbocycles. The number of anilines is 3. The van der Waals surface area contributed by atoms with Crippen LogP contribution >= 0.6 is 0 Å². The van der Waals surface area contributed by atoms with Gasteiger partial charge in [0.05, 0.1) is 29.4 Å². The average Bonchev–Trinajstić information content (AvgIpc) is 2.72. The van der Waals surface area contributed by atoms with Crippen molar-refractivity contribution < 1.29 is 13.2 Å². The first-order valence-electron chi connectivity index (χ1n) is 9.24. The summed E-state index contributed by atoms with van der Waals surface area (Å²) in [7, 11) is 0. The lowest BCUT2D eigenvalue weighted by atomic mass is 10.0. The summed E-state index contributed by atoms with van der Waals surface area (Å²) in [5, 5.41) is 12.2. The molecule has 2 aromatic heterocycles. The number of nitrogens with one attached hydrogen (secondary N) is 1. The highest BCUT2D eigenvalue weighted by molar-refractivity contribution is 5.60. The molecule has 1 N–H and O–H groups in total. The van der Waals surface area contributed by atoms with Crippen molar-refractivity contribution in [2.45, 2.75) is 26.1 Å². The van der Waals surface area contributed by atoms with Crippen LogP contribution in [0, 0.1) is 18.3 Å². The van der Waals surface area contributed by atoms with Gasteiger partial charge in [-0.2, -0.15) is 18.4 Å². The molecule has 0 amide bonds. The van der Waals surface area contributed by atoms with Gasteiger partial charge in [-0.1, -0.05) is 0 Å². The van der Waals surface area contributed by atoms with Crippen LogP contribution in [0.5, 0.6) is 0 Å². The lowest BCUT2D eigenvalue weighted by Gasteiger charge is -2.31. The molecule has 1 aromatic carbocycles. The molecule has 4 rings (SSSR count). The third-order valence-electron chi connectivity index (χ3n) is 4.96. The van der Waals surface area contributed by atoms with Crippen LogP contribution < -0.4 is 10.2 Å². The minimum absolute atomic E-state index is 0.344. The zero-order chi connectivity index (χ0) is 21.3. The maximum Gasteiger partial charge on any atom is 0.417 e. The van der Waals surface area contributed by atoms with Crippen LogP contribution in [0.2, 0.25) is 0 Å². The molecule has 6 nitrogen and oxygen atoms in total. The number of rotatable bonds is 3. The van der Waals surface area contributed by atoms with E-state index in [-0.39, 0.29) is 5.56 Å². The number of alkyl halides is 3. The predicted molar refractivity (Wildman–Crippen MR) is 105 cm³/mol. The molecule has 30 heavy (non-hydrogen) atoms. The normalized spacial score (nSPS) is 13.5. The lowest BCUT2D eigenvalue weighted by Crippen LogP contribution is -2.32. The number of fused-ring (bicyclic) bond motifs is 1. The molecule has 3 heterocycles. The van der Waals surface area contributed by atoms with E-state index >= 15 is 0 Å². The molecule has 9 heteroatoms. The smallest absolute Gasteiger partial charge is 0.365 e. The van der Waals surface area contributed by atoms with E-state index in [9.17, 15) is 13.2 Å². The van der Waals surface area contributed by atoms with E-state index in [4.69, 9.17) is 5.26 Å². The van der Waals surface area contributed by atoms with Crippen LogP contribution in [0.1, 0.15) is 27.9 Å². The van der Waals surface area contributed by atoms with Crippen LogP contribution in [-0.4, -0.2) is 21.5 Å². The van der Waals surface area contributed by atoms with Crippen molar-refractivity contribution in [1.82, 2.24) is 15.0 Å². The number of nitriles is 1. The SMILES string of the molecule is Cc1ccnc(Nc2ncnc3c2CCN(c2ccc(C#N)c(C(F)(F)F)c2)C3)c1. The molecule has 3 aromatic rings. The number of pyridine rings is 1. The van der Waals surface area contributed by atoms with Crippen molar-refractivity contribution in [3.63, 3.8) is 0 Å². The van der Waals surface area contributed by atoms with Gasteiger partial charge in [0.15, 0.2) is 0 Å². The Kier molecular flexibility index (Phi) is 4.99. The van der Waals surface area contributed by atoms with E-state index < -0.39 is 11.7 Å². The first-order chi connectivity index (χ1) is 14.3. The quantitative estimate of drug-likeness (QED) is 0.691. The Labute approximate surface area is 171 Å². The van der Waals surface area contributed by atoms with E-state index in [2.05, 4.69) is 20.3 Å². The molecule has 0 atom stereocenters. The van der Waals surface area contributed by atoms with Crippen molar-refractivity contribution in [2.75, 3.05) is 16.8 Å². The Hall–Kier alpha value is -3.67. The van der Waals surface area contributed by atoms with E-state index in [1.807, 2.05) is 24.0 Å². The number of aromatic nitrogens is 3. The molecule has 0 saturated heterocycles. The maximum absolute atomic E-state index is 13.3. The number of nitrogens with zero attached hydrogens (tertiary/aromatic N) is 5. The lowest BCUT2D eigenvalue weighted by molar-refractivity contribution is -0.137. The van der Waals surface area contributed by atoms with Gasteiger partial charge in [-0.05, 0) is 49.2 Å². The monoisotopic (exact) mass is 410 g/mol. The third kappa shape index (κ3) is 3.89. The van der Waals surface area contributed by atoms with Gasteiger partial charge in [-0.25, -0.2) is 15.0 Å². The van der Waals surface area contributed by atoms with Gasteiger partial charge in [-0.15, -0.1) is 0 Å². The highest BCUT2D eigenvalue weighted by Crippen LogP contribution is 2.36. The number of aryl methyl sites for hydroxylation is 1. The van der Waals surface area contributed by atoms with Gasteiger partial charge >= 0.3 is 6.18 Å². The van der Waals surface area contributed by atoms with Gasteiger partial charge in [0.25, 0.3) is 0 Å². The minimum atomic E-state index is -4.59. The minimum Gasteiger partial charge on any atom is -0.365 e. The standard InChI is InChI=1S/C21H17F3N6/c1-13-4-6-26-19(8-13)29-20-16-5-7-30(11-18(16)27-12-28-20)15-3-2-14(10-25)17(9-15)21(22,23)24/h2-4,6,8-9,12H,5,7,11H2,1H3,(H,26,27,28,29). The second-order valence-corrected chi connectivity index (χ2v) is 7.00. The molecule has 152 valence electrons. The summed E-state index contributed by atoms with van der Waals surface area (Å²) in [6.45, 7) is 2.81. The van der Waals surface area contributed by atoms with Gasteiger partial charge in [0, 0.05) is 24.0 Å².